The van der Waals surface area contributed by atoms with Crippen molar-refractivity contribution in [2.45, 2.75) is 19.1 Å². The maximum atomic E-state index is 11.9. The third kappa shape index (κ3) is 4.20. The topological polar surface area (TPSA) is 67.4 Å². The molecule has 0 bridgehead atoms. The van der Waals surface area contributed by atoms with Crippen LogP contribution in [0.1, 0.15) is 21.5 Å². The summed E-state index contributed by atoms with van der Waals surface area (Å²) in [5.41, 5.74) is 3.01. The Morgan fingerprint density at radius 2 is 1.67 bits per heavy atom. The lowest BCUT2D eigenvalue weighted by Crippen LogP contribution is -2.41. The predicted molar refractivity (Wildman–Crippen MR) is 90.5 cm³/mol. The summed E-state index contributed by atoms with van der Waals surface area (Å²) >= 11 is 0. The fourth-order valence-corrected chi connectivity index (χ4v) is 2.68. The zero-order valence-corrected chi connectivity index (χ0v) is 13.3. The average molecular weight is 324 g/mol. The van der Waals surface area contributed by atoms with E-state index in [1.165, 1.54) is 11.1 Å². The SMILES string of the molecule is O=C(CNC(=O)c1ccccc1)NCC1Cc2ccccc2CO1. The second-order valence-electron chi connectivity index (χ2n) is 5.76. The minimum Gasteiger partial charge on any atom is -0.371 e. The van der Waals surface area contributed by atoms with Crippen LogP contribution in [0.25, 0.3) is 0 Å². The highest BCUT2D eigenvalue weighted by Gasteiger charge is 2.19. The van der Waals surface area contributed by atoms with Gasteiger partial charge < -0.3 is 15.4 Å². The Balaban J connectivity index is 1.41. The normalized spacial score (nSPS) is 16.1. The van der Waals surface area contributed by atoms with Crippen molar-refractivity contribution in [1.82, 2.24) is 10.6 Å². The van der Waals surface area contributed by atoms with Crippen LogP contribution in [0.2, 0.25) is 0 Å². The lowest BCUT2D eigenvalue weighted by atomic mass is 9.99. The van der Waals surface area contributed by atoms with Gasteiger partial charge in [0.1, 0.15) is 0 Å². The lowest BCUT2D eigenvalue weighted by molar-refractivity contribution is -0.120. The molecular weight excluding hydrogens is 304 g/mol. The van der Waals surface area contributed by atoms with Crippen molar-refractivity contribution in [2.24, 2.45) is 0 Å². The smallest absolute Gasteiger partial charge is 0.251 e. The molecule has 3 rings (SSSR count). The van der Waals surface area contributed by atoms with Crippen LogP contribution in [-0.2, 0) is 22.6 Å². The number of hydrogen-bond acceptors (Lipinski definition) is 3. The Morgan fingerprint density at radius 1 is 0.958 bits per heavy atom. The number of fused-ring (bicyclic) bond motifs is 1. The standard InChI is InChI=1S/C19H20N2O3/c22-18(12-21-19(23)14-6-2-1-3-7-14)20-11-17-10-15-8-4-5-9-16(15)13-24-17/h1-9,17H,10-13H2,(H,20,22)(H,21,23). The van der Waals surface area contributed by atoms with E-state index in [1.54, 1.807) is 24.3 Å². The van der Waals surface area contributed by atoms with Gasteiger partial charge in [-0.1, -0.05) is 42.5 Å². The van der Waals surface area contributed by atoms with Gasteiger partial charge in [-0.05, 0) is 23.3 Å². The number of carbonyl (C=O) groups excluding carboxylic acids is 2. The number of amides is 2. The molecular formula is C19H20N2O3. The van der Waals surface area contributed by atoms with Crippen LogP contribution in [0.3, 0.4) is 0 Å². The van der Waals surface area contributed by atoms with Gasteiger partial charge in [0.2, 0.25) is 5.91 Å². The number of hydrogen-bond donors (Lipinski definition) is 2. The molecule has 1 atom stereocenters. The summed E-state index contributed by atoms with van der Waals surface area (Å²) in [4.78, 5) is 23.8. The Bertz CT molecular complexity index is 716. The van der Waals surface area contributed by atoms with E-state index in [1.807, 2.05) is 18.2 Å². The molecule has 2 amide bonds. The maximum absolute atomic E-state index is 11.9. The Labute approximate surface area is 141 Å². The number of rotatable bonds is 5. The highest BCUT2D eigenvalue weighted by atomic mass is 16.5. The molecule has 0 fully saturated rings. The summed E-state index contributed by atoms with van der Waals surface area (Å²) in [6.45, 7) is 0.965. The van der Waals surface area contributed by atoms with Crippen molar-refractivity contribution in [3.05, 3.63) is 71.3 Å². The van der Waals surface area contributed by atoms with E-state index in [2.05, 4.69) is 22.8 Å². The summed E-state index contributed by atoms with van der Waals surface area (Å²) < 4.78 is 5.75. The Morgan fingerprint density at radius 3 is 2.46 bits per heavy atom. The van der Waals surface area contributed by atoms with Crippen LogP contribution in [0.5, 0.6) is 0 Å². The van der Waals surface area contributed by atoms with Crippen LogP contribution in [-0.4, -0.2) is 31.0 Å². The molecule has 0 radical (unpaired) electrons. The lowest BCUT2D eigenvalue weighted by Gasteiger charge is -2.25. The van der Waals surface area contributed by atoms with Gasteiger partial charge in [-0.15, -0.1) is 0 Å². The van der Waals surface area contributed by atoms with Gasteiger partial charge in [-0.25, -0.2) is 0 Å². The maximum Gasteiger partial charge on any atom is 0.251 e. The minimum atomic E-state index is -0.256. The molecule has 1 aliphatic rings. The van der Waals surface area contributed by atoms with E-state index in [-0.39, 0.29) is 24.5 Å². The van der Waals surface area contributed by atoms with Crippen molar-refractivity contribution in [1.29, 1.82) is 0 Å². The molecule has 0 aliphatic carbocycles. The average Bonchev–Trinajstić information content (AvgIpc) is 2.65. The second kappa shape index (κ2) is 7.75. The number of nitrogens with one attached hydrogen (secondary N) is 2. The van der Waals surface area contributed by atoms with E-state index in [4.69, 9.17) is 4.74 Å². The van der Waals surface area contributed by atoms with Crippen molar-refractivity contribution < 1.29 is 14.3 Å². The van der Waals surface area contributed by atoms with Crippen molar-refractivity contribution >= 4 is 11.8 Å². The summed E-state index contributed by atoms with van der Waals surface area (Å²) in [7, 11) is 0. The van der Waals surface area contributed by atoms with Gasteiger partial charge in [0, 0.05) is 18.5 Å². The fourth-order valence-electron chi connectivity index (χ4n) is 2.68. The van der Waals surface area contributed by atoms with E-state index in [9.17, 15) is 9.59 Å². The Kier molecular flexibility index (Phi) is 5.23. The molecule has 5 nitrogen and oxygen atoms in total. The summed E-state index contributed by atoms with van der Waals surface area (Å²) in [5, 5.41) is 5.42. The number of benzene rings is 2. The molecule has 0 saturated heterocycles. The molecule has 2 aromatic rings. The molecule has 2 N–H and O–H groups in total. The van der Waals surface area contributed by atoms with Crippen LogP contribution in [0.15, 0.2) is 54.6 Å². The van der Waals surface area contributed by atoms with E-state index >= 15 is 0 Å². The first-order valence-electron chi connectivity index (χ1n) is 8.00. The summed E-state index contributed by atoms with van der Waals surface area (Å²) in [6, 6.07) is 17.0. The van der Waals surface area contributed by atoms with E-state index < -0.39 is 0 Å². The minimum absolute atomic E-state index is 0.0336. The van der Waals surface area contributed by atoms with Crippen LogP contribution in [0, 0.1) is 0 Å². The van der Waals surface area contributed by atoms with Gasteiger partial charge in [-0.3, -0.25) is 9.59 Å². The zero-order chi connectivity index (χ0) is 16.8. The molecule has 1 heterocycles. The fraction of sp³-hybridized carbons (Fsp3) is 0.263. The third-order valence-electron chi connectivity index (χ3n) is 4.01. The van der Waals surface area contributed by atoms with Crippen LogP contribution >= 0.6 is 0 Å². The molecule has 0 aromatic heterocycles. The van der Waals surface area contributed by atoms with Gasteiger partial charge in [0.05, 0.1) is 19.3 Å². The van der Waals surface area contributed by atoms with Crippen molar-refractivity contribution in [2.75, 3.05) is 13.1 Å². The molecule has 1 unspecified atom stereocenters. The molecule has 1 aliphatic heterocycles. The predicted octanol–water partition coefficient (Wildman–Crippen LogP) is 1.67. The highest BCUT2D eigenvalue weighted by molar-refractivity contribution is 5.96. The molecule has 24 heavy (non-hydrogen) atoms. The van der Waals surface area contributed by atoms with Crippen molar-refractivity contribution in [3.63, 3.8) is 0 Å². The summed E-state index contributed by atoms with van der Waals surface area (Å²) in [5.74, 6) is -0.477. The van der Waals surface area contributed by atoms with Gasteiger partial charge in [0.25, 0.3) is 5.91 Å². The number of carbonyl (C=O) groups is 2. The van der Waals surface area contributed by atoms with Crippen LogP contribution in [0.4, 0.5) is 0 Å². The van der Waals surface area contributed by atoms with Gasteiger partial charge in [-0.2, -0.15) is 0 Å². The monoisotopic (exact) mass is 324 g/mol. The van der Waals surface area contributed by atoms with Gasteiger partial charge in [0.15, 0.2) is 0 Å². The summed E-state index contributed by atoms with van der Waals surface area (Å²) in [6.07, 6.45) is 0.751. The highest BCUT2D eigenvalue weighted by Crippen LogP contribution is 2.19. The van der Waals surface area contributed by atoms with E-state index in [0.29, 0.717) is 18.7 Å². The largest absolute Gasteiger partial charge is 0.371 e. The first kappa shape index (κ1) is 16.2. The molecule has 0 saturated carbocycles. The third-order valence-corrected chi connectivity index (χ3v) is 4.01. The van der Waals surface area contributed by atoms with Crippen LogP contribution < -0.4 is 10.6 Å². The van der Waals surface area contributed by atoms with E-state index in [0.717, 1.165) is 6.42 Å². The Hall–Kier alpha value is -2.66. The second-order valence-corrected chi connectivity index (χ2v) is 5.76. The number of ether oxygens (including phenoxy) is 1. The zero-order valence-electron chi connectivity index (χ0n) is 13.3. The molecule has 124 valence electrons. The first-order chi connectivity index (χ1) is 11.7. The quantitative estimate of drug-likeness (QED) is 0.879. The molecule has 5 heteroatoms. The van der Waals surface area contributed by atoms with Crippen molar-refractivity contribution in [3.8, 4) is 0 Å². The first-order valence-corrected chi connectivity index (χ1v) is 8.00. The molecule has 2 aromatic carbocycles. The van der Waals surface area contributed by atoms with Gasteiger partial charge >= 0.3 is 0 Å². The molecule has 0 spiro atoms.